The van der Waals surface area contributed by atoms with E-state index < -0.39 is 0 Å². The van der Waals surface area contributed by atoms with Crippen LogP contribution in [0, 0.1) is 0 Å². The van der Waals surface area contributed by atoms with Crippen LogP contribution in [0.1, 0.15) is 0 Å². The number of morpholine rings is 1. The molecule has 16 heavy (non-hydrogen) atoms. The van der Waals surface area contributed by atoms with Gasteiger partial charge in [-0.1, -0.05) is 0 Å². The molecule has 84 valence electrons. The third kappa shape index (κ3) is 1.59. The van der Waals surface area contributed by atoms with Crippen molar-refractivity contribution in [3.8, 4) is 0 Å². The summed E-state index contributed by atoms with van der Waals surface area (Å²) in [5.41, 5.74) is 7.96. The number of nitrogens with zero attached hydrogens (tertiary/aromatic N) is 2. The molecule has 0 saturated carbocycles. The highest BCUT2D eigenvalue weighted by molar-refractivity contribution is 5.78. The molecule has 3 rings (SSSR count). The van der Waals surface area contributed by atoms with E-state index in [-0.39, 0.29) is 0 Å². The normalized spacial score (nSPS) is 16.9. The van der Waals surface area contributed by atoms with Crippen LogP contribution in [0.5, 0.6) is 0 Å². The summed E-state index contributed by atoms with van der Waals surface area (Å²) in [5, 5.41) is 0. The molecule has 2 heterocycles. The minimum absolute atomic E-state index is 0.656. The lowest BCUT2D eigenvalue weighted by Gasteiger charge is -2.24. The Balaban J connectivity index is 1.97. The number of hydrogen-bond acceptors (Lipinski definition) is 5. The van der Waals surface area contributed by atoms with Crippen molar-refractivity contribution in [3.05, 3.63) is 18.2 Å². The zero-order valence-corrected chi connectivity index (χ0v) is 8.85. The Labute approximate surface area is 92.8 Å². The Morgan fingerprint density at radius 3 is 2.88 bits per heavy atom. The molecule has 1 saturated heterocycles. The molecule has 1 aromatic heterocycles. The summed E-state index contributed by atoms with van der Waals surface area (Å²) >= 11 is 0. The molecule has 1 fully saturated rings. The van der Waals surface area contributed by atoms with Gasteiger partial charge in [0.05, 0.1) is 13.2 Å². The number of hydrogen-bond donors (Lipinski definition) is 1. The van der Waals surface area contributed by atoms with Gasteiger partial charge in [-0.15, -0.1) is 0 Å². The molecule has 2 aromatic rings. The van der Waals surface area contributed by atoms with Crippen LogP contribution in [0.2, 0.25) is 0 Å². The average molecular weight is 219 g/mol. The molecule has 0 amide bonds. The largest absolute Gasteiger partial charge is 0.423 e. The number of ether oxygens (including phenoxy) is 1. The third-order valence-corrected chi connectivity index (χ3v) is 2.68. The van der Waals surface area contributed by atoms with E-state index >= 15 is 0 Å². The zero-order valence-electron chi connectivity index (χ0n) is 8.85. The molecule has 0 aliphatic carbocycles. The maximum atomic E-state index is 5.69. The SMILES string of the molecule is Nc1ccc2nc(N3CCOCC3)oc2c1. The summed E-state index contributed by atoms with van der Waals surface area (Å²) in [4.78, 5) is 6.51. The number of nitrogens with two attached hydrogens (primary N) is 1. The Morgan fingerprint density at radius 2 is 2.06 bits per heavy atom. The van der Waals surface area contributed by atoms with Crippen molar-refractivity contribution in [1.29, 1.82) is 0 Å². The monoisotopic (exact) mass is 219 g/mol. The highest BCUT2D eigenvalue weighted by Crippen LogP contribution is 2.24. The first-order valence-corrected chi connectivity index (χ1v) is 5.32. The van der Waals surface area contributed by atoms with Crippen LogP contribution in [-0.4, -0.2) is 31.3 Å². The first kappa shape index (κ1) is 9.47. The van der Waals surface area contributed by atoms with Gasteiger partial charge in [0.2, 0.25) is 0 Å². The maximum absolute atomic E-state index is 5.69. The van der Waals surface area contributed by atoms with Crippen molar-refractivity contribution in [3.63, 3.8) is 0 Å². The lowest BCUT2D eigenvalue weighted by Crippen LogP contribution is -2.36. The van der Waals surface area contributed by atoms with Crippen LogP contribution in [-0.2, 0) is 4.74 Å². The predicted molar refractivity (Wildman–Crippen MR) is 61.5 cm³/mol. The number of fused-ring (bicyclic) bond motifs is 1. The maximum Gasteiger partial charge on any atom is 0.298 e. The number of anilines is 2. The molecule has 0 atom stereocenters. The Kier molecular flexibility index (Phi) is 2.18. The smallest absolute Gasteiger partial charge is 0.298 e. The van der Waals surface area contributed by atoms with Gasteiger partial charge < -0.3 is 19.8 Å². The molecule has 1 aliphatic rings. The molecule has 0 unspecified atom stereocenters. The topological polar surface area (TPSA) is 64.5 Å². The second-order valence-corrected chi connectivity index (χ2v) is 3.82. The minimum atomic E-state index is 0.656. The van der Waals surface area contributed by atoms with Crippen molar-refractivity contribution in [2.45, 2.75) is 0 Å². The van der Waals surface area contributed by atoms with E-state index in [0.717, 1.165) is 37.4 Å². The number of benzene rings is 1. The van der Waals surface area contributed by atoms with Crippen LogP contribution in [0.25, 0.3) is 11.1 Å². The summed E-state index contributed by atoms with van der Waals surface area (Å²) < 4.78 is 11.0. The average Bonchev–Trinajstić information content (AvgIpc) is 2.73. The second kappa shape index (κ2) is 3.68. The van der Waals surface area contributed by atoms with E-state index in [2.05, 4.69) is 9.88 Å². The summed E-state index contributed by atoms with van der Waals surface area (Å²) in [7, 11) is 0. The minimum Gasteiger partial charge on any atom is -0.423 e. The van der Waals surface area contributed by atoms with E-state index in [1.807, 2.05) is 12.1 Å². The van der Waals surface area contributed by atoms with Gasteiger partial charge in [0.15, 0.2) is 5.58 Å². The van der Waals surface area contributed by atoms with Crippen molar-refractivity contribution in [2.75, 3.05) is 36.9 Å². The summed E-state index contributed by atoms with van der Waals surface area (Å²) in [6.07, 6.45) is 0. The summed E-state index contributed by atoms with van der Waals surface area (Å²) in [6, 6.07) is 6.15. The van der Waals surface area contributed by atoms with Crippen molar-refractivity contribution in [2.24, 2.45) is 0 Å². The van der Waals surface area contributed by atoms with Gasteiger partial charge in [0, 0.05) is 24.8 Å². The van der Waals surface area contributed by atoms with Gasteiger partial charge in [-0.05, 0) is 12.1 Å². The molecule has 0 radical (unpaired) electrons. The Morgan fingerprint density at radius 1 is 1.25 bits per heavy atom. The Bertz CT molecular complexity index is 503. The number of rotatable bonds is 1. The first-order chi connectivity index (χ1) is 7.83. The van der Waals surface area contributed by atoms with Crippen LogP contribution in [0.4, 0.5) is 11.7 Å². The Hall–Kier alpha value is -1.75. The third-order valence-electron chi connectivity index (χ3n) is 2.68. The van der Waals surface area contributed by atoms with Gasteiger partial charge in [-0.25, -0.2) is 0 Å². The van der Waals surface area contributed by atoms with E-state index in [0.29, 0.717) is 11.7 Å². The fraction of sp³-hybridized carbons (Fsp3) is 0.364. The fourth-order valence-electron chi connectivity index (χ4n) is 1.82. The standard InChI is InChI=1S/C11H13N3O2/c12-8-1-2-9-10(7-8)16-11(13-9)14-3-5-15-6-4-14/h1-2,7H,3-6,12H2. The summed E-state index contributed by atoms with van der Waals surface area (Å²) in [6.45, 7) is 3.09. The van der Waals surface area contributed by atoms with Crippen molar-refractivity contribution in [1.82, 2.24) is 4.98 Å². The number of oxazole rings is 1. The number of aromatic nitrogens is 1. The van der Waals surface area contributed by atoms with E-state index in [4.69, 9.17) is 14.9 Å². The van der Waals surface area contributed by atoms with Crippen molar-refractivity contribution < 1.29 is 9.15 Å². The first-order valence-electron chi connectivity index (χ1n) is 5.32. The van der Waals surface area contributed by atoms with Crippen LogP contribution < -0.4 is 10.6 Å². The molecule has 0 bridgehead atoms. The highest BCUT2D eigenvalue weighted by atomic mass is 16.5. The number of nitrogen functional groups attached to an aromatic ring is 1. The van der Waals surface area contributed by atoms with E-state index in [9.17, 15) is 0 Å². The van der Waals surface area contributed by atoms with Crippen LogP contribution in [0.15, 0.2) is 22.6 Å². The van der Waals surface area contributed by atoms with Crippen molar-refractivity contribution >= 4 is 22.8 Å². The molecular formula is C11H13N3O2. The molecule has 5 heteroatoms. The zero-order chi connectivity index (χ0) is 11.0. The van der Waals surface area contributed by atoms with Gasteiger partial charge in [-0.3, -0.25) is 0 Å². The van der Waals surface area contributed by atoms with Gasteiger partial charge in [0.25, 0.3) is 6.01 Å². The molecule has 2 N–H and O–H groups in total. The lowest BCUT2D eigenvalue weighted by atomic mass is 10.3. The van der Waals surface area contributed by atoms with E-state index in [1.165, 1.54) is 0 Å². The molecule has 1 aliphatic heterocycles. The van der Waals surface area contributed by atoms with Gasteiger partial charge in [0.1, 0.15) is 5.52 Å². The second-order valence-electron chi connectivity index (χ2n) is 3.82. The van der Waals surface area contributed by atoms with Crippen LogP contribution >= 0.6 is 0 Å². The van der Waals surface area contributed by atoms with Crippen LogP contribution in [0.3, 0.4) is 0 Å². The lowest BCUT2D eigenvalue weighted by molar-refractivity contribution is 0.120. The quantitative estimate of drug-likeness (QED) is 0.731. The highest BCUT2D eigenvalue weighted by Gasteiger charge is 2.16. The van der Waals surface area contributed by atoms with Gasteiger partial charge in [-0.2, -0.15) is 4.98 Å². The summed E-state index contributed by atoms with van der Waals surface area (Å²) in [5.74, 6) is 0. The fourth-order valence-corrected chi connectivity index (χ4v) is 1.82. The molecule has 5 nitrogen and oxygen atoms in total. The predicted octanol–water partition coefficient (Wildman–Crippen LogP) is 1.25. The molecule has 0 spiro atoms. The van der Waals surface area contributed by atoms with Gasteiger partial charge >= 0.3 is 0 Å². The van der Waals surface area contributed by atoms with E-state index in [1.54, 1.807) is 6.07 Å². The molecular weight excluding hydrogens is 206 g/mol. The molecule has 1 aromatic carbocycles.